The quantitative estimate of drug-likeness (QED) is 0.377. The minimum Gasteiger partial charge on any atom is -0.498 e. The van der Waals surface area contributed by atoms with E-state index in [4.69, 9.17) is 9.47 Å². The molecule has 0 spiro atoms. The number of ether oxygens (including phenoxy) is 2. The fourth-order valence-corrected chi connectivity index (χ4v) is 3.50. The Balaban J connectivity index is 1.79. The zero-order valence-corrected chi connectivity index (χ0v) is 20.1. The van der Waals surface area contributed by atoms with Gasteiger partial charge >= 0.3 is 0 Å². The number of aromatic nitrogens is 4. The van der Waals surface area contributed by atoms with E-state index in [1.165, 1.54) is 6.33 Å². The van der Waals surface area contributed by atoms with E-state index in [-0.39, 0.29) is 12.3 Å². The van der Waals surface area contributed by atoms with Gasteiger partial charge in [-0.25, -0.2) is 19.3 Å². The minimum atomic E-state index is -1.06. The van der Waals surface area contributed by atoms with Crippen molar-refractivity contribution in [3.05, 3.63) is 24.7 Å². The van der Waals surface area contributed by atoms with Gasteiger partial charge in [0.05, 0.1) is 23.3 Å². The molecule has 3 aromatic heterocycles. The molecule has 3 aromatic rings. The second-order valence-electron chi connectivity index (χ2n) is 10.4. The van der Waals surface area contributed by atoms with Crippen LogP contribution in [0.2, 0.25) is 0 Å². The van der Waals surface area contributed by atoms with Crippen LogP contribution in [0, 0.1) is 5.92 Å². The third-order valence-corrected chi connectivity index (χ3v) is 5.07. The van der Waals surface area contributed by atoms with Crippen LogP contribution in [0.1, 0.15) is 6.42 Å². The number of carbonyl (C=O) groups excluding carboxylic acids is 1. The average Bonchev–Trinajstić information content (AvgIpc) is 3.32. The maximum absolute atomic E-state index is 13.2. The van der Waals surface area contributed by atoms with E-state index in [0.717, 1.165) is 16.6 Å². The highest BCUT2D eigenvalue weighted by molar-refractivity contribution is 6.58. The van der Waals surface area contributed by atoms with E-state index in [1.54, 1.807) is 12.3 Å². The van der Waals surface area contributed by atoms with Crippen LogP contribution in [0.15, 0.2) is 24.7 Å². The number of nitrogens with one attached hydrogen (secondary N) is 1. The standard InChI is InChI=1S/C18H24B6FN5O3/c1-30-10(2-7-3-12(26-5-11(7)30)29-14(31)8-4-9(8)25)13-15(32-17(19,20)21)27-6-28-16(13)33-18(22,23)24/h2-3,5-6,8-9H,4,19-24H2,1H3,(H,26,29,31)/t8-,9+/m1/s1. The van der Waals surface area contributed by atoms with Gasteiger partial charge in [-0.2, -0.15) is 0 Å². The van der Waals surface area contributed by atoms with Gasteiger partial charge in [-0.05, 0) is 18.6 Å². The molecule has 8 nitrogen and oxygen atoms in total. The van der Waals surface area contributed by atoms with E-state index in [2.05, 4.69) is 20.3 Å². The number of anilines is 1. The second-order valence-corrected chi connectivity index (χ2v) is 10.4. The smallest absolute Gasteiger partial charge is 0.231 e. The molecule has 1 amide bonds. The van der Waals surface area contributed by atoms with Gasteiger partial charge in [0.2, 0.25) is 17.7 Å². The summed E-state index contributed by atoms with van der Waals surface area (Å²) >= 11 is 0. The second kappa shape index (κ2) is 8.18. The molecular weight excluding hydrogens is 418 g/mol. The zero-order chi connectivity index (χ0) is 24.1. The molecule has 164 valence electrons. The molecule has 0 bridgehead atoms. The van der Waals surface area contributed by atoms with Crippen molar-refractivity contribution in [2.45, 2.75) is 23.2 Å². The lowest BCUT2D eigenvalue weighted by atomic mass is 9.52. The first-order valence-electron chi connectivity index (χ1n) is 11.0. The number of fused-ring (bicyclic) bond motifs is 1. The van der Waals surface area contributed by atoms with Crippen molar-refractivity contribution < 1.29 is 18.7 Å². The highest BCUT2D eigenvalue weighted by Crippen LogP contribution is 2.40. The summed E-state index contributed by atoms with van der Waals surface area (Å²) in [5.74, 6) is 0.275. The number of hydrogen-bond acceptors (Lipinski definition) is 6. The van der Waals surface area contributed by atoms with Gasteiger partial charge in [-0.15, -0.1) is 0 Å². The van der Waals surface area contributed by atoms with Gasteiger partial charge in [-0.3, -0.25) is 4.79 Å². The Morgan fingerprint density at radius 1 is 1.09 bits per heavy atom. The van der Waals surface area contributed by atoms with Gasteiger partial charge in [0.1, 0.15) is 71.0 Å². The van der Waals surface area contributed by atoms with Crippen molar-refractivity contribution in [1.29, 1.82) is 0 Å². The molecule has 4 rings (SSSR count). The van der Waals surface area contributed by atoms with Crippen molar-refractivity contribution in [3.8, 4) is 23.0 Å². The van der Waals surface area contributed by atoms with Gasteiger partial charge in [0, 0.05) is 23.0 Å². The number of pyridine rings is 1. The summed E-state index contributed by atoms with van der Waals surface area (Å²) in [5, 5.41) is 2.58. The Morgan fingerprint density at radius 2 is 1.67 bits per heavy atom. The van der Waals surface area contributed by atoms with E-state index >= 15 is 0 Å². The largest absolute Gasteiger partial charge is 0.498 e. The van der Waals surface area contributed by atoms with Crippen LogP contribution >= 0.6 is 0 Å². The number of aryl methyl sites for hydroxylation is 1. The predicted octanol–water partition coefficient (Wildman–Crippen LogP) is -3.89. The van der Waals surface area contributed by atoms with Crippen LogP contribution < -0.4 is 14.8 Å². The number of nitrogens with zero attached hydrogens (tertiary/aromatic N) is 4. The Bertz CT molecular complexity index is 1190. The van der Waals surface area contributed by atoms with Crippen molar-refractivity contribution in [1.82, 2.24) is 19.5 Å². The minimum absolute atomic E-state index is 0.269. The van der Waals surface area contributed by atoms with Gasteiger partial charge in [0.15, 0.2) is 0 Å². The van der Waals surface area contributed by atoms with Gasteiger partial charge in [-0.1, -0.05) is 0 Å². The van der Waals surface area contributed by atoms with Crippen LogP contribution in [0.5, 0.6) is 11.8 Å². The summed E-state index contributed by atoms with van der Waals surface area (Å²) in [4.78, 5) is 25.3. The van der Waals surface area contributed by atoms with Crippen LogP contribution in [-0.4, -0.2) is 89.3 Å². The molecule has 0 unspecified atom stereocenters. The molecule has 0 radical (unpaired) electrons. The van der Waals surface area contributed by atoms with Crippen LogP contribution in [-0.2, 0) is 11.8 Å². The lowest BCUT2D eigenvalue weighted by Gasteiger charge is -2.26. The summed E-state index contributed by atoms with van der Waals surface area (Å²) in [5.41, 5.74) is 2.25. The fourth-order valence-electron chi connectivity index (χ4n) is 3.50. The normalized spacial score (nSPS) is 18.1. The molecule has 3 heterocycles. The number of hydrogen-bond donors (Lipinski definition) is 1. The third kappa shape index (κ3) is 5.23. The topological polar surface area (TPSA) is 91.2 Å². The summed E-state index contributed by atoms with van der Waals surface area (Å²) in [6, 6.07) is 3.72. The predicted molar refractivity (Wildman–Crippen MR) is 141 cm³/mol. The molecular formula is C18H24B6FN5O3. The highest BCUT2D eigenvalue weighted by Gasteiger charge is 2.43. The Kier molecular flexibility index (Phi) is 5.78. The molecule has 0 saturated heterocycles. The molecule has 0 aromatic carbocycles. The lowest BCUT2D eigenvalue weighted by Crippen LogP contribution is -2.39. The number of halogens is 1. The number of amides is 1. The molecule has 1 fully saturated rings. The first kappa shape index (κ1) is 23.3. The average molecular weight is 442 g/mol. The fraction of sp³-hybridized carbons (Fsp3) is 0.333. The molecule has 0 aliphatic heterocycles. The molecule has 33 heavy (non-hydrogen) atoms. The number of alkyl halides is 1. The maximum atomic E-state index is 13.2. The summed E-state index contributed by atoms with van der Waals surface area (Å²) < 4.78 is 27.5. The SMILES string of the molecule is BC(B)(B)Oc1ncnc(OC(B)(B)B)c1-c1cc2cc(NC(=O)[C@@H]3C[C@@H]3F)ncc2n1C. The molecule has 1 saturated carbocycles. The summed E-state index contributed by atoms with van der Waals surface area (Å²) in [7, 11) is 13.6. The van der Waals surface area contributed by atoms with Crippen molar-refractivity contribution in [2.24, 2.45) is 13.0 Å². The molecule has 2 atom stereocenters. The molecule has 1 aliphatic carbocycles. The molecule has 1 N–H and O–H groups in total. The number of rotatable bonds is 7. The van der Waals surface area contributed by atoms with Gasteiger partial charge < -0.3 is 19.4 Å². The zero-order valence-electron chi connectivity index (χ0n) is 20.1. The van der Waals surface area contributed by atoms with E-state index in [1.807, 2.05) is 64.8 Å². The van der Waals surface area contributed by atoms with Crippen molar-refractivity contribution in [2.75, 3.05) is 5.32 Å². The van der Waals surface area contributed by atoms with E-state index in [9.17, 15) is 9.18 Å². The number of carbonyl (C=O) groups is 1. The Morgan fingerprint density at radius 3 is 2.18 bits per heavy atom. The highest BCUT2D eigenvalue weighted by atomic mass is 19.1. The third-order valence-electron chi connectivity index (χ3n) is 5.07. The van der Waals surface area contributed by atoms with Gasteiger partial charge in [0.25, 0.3) is 0 Å². The lowest BCUT2D eigenvalue weighted by molar-refractivity contribution is -0.117. The van der Waals surface area contributed by atoms with Crippen LogP contribution in [0.4, 0.5) is 10.2 Å². The molecule has 15 heteroatoms. The monoisotopic (exact) mass is 443 g/mol. The van der Waals surface area contributed by atoms with Crippen LogP contribution in [0.25, 0.3) is 22.2 Å². The van der Waals surface area contributed by atoms with E-state index < -0.39 is 22.7 Å². The molecule has 1 aliphatic rings. The Labute approximate surface area is 197 Å². The first-order valence-corrected chi connectivity index (χ1v) is 11.0. The maximum Gasteiger partial charge on any atom is 0.231 e. The van der Waals surface area contributed by atoms with E-state index in [0.29, 0.717) is 23.1 Å². The van der Waals surface area contributed by atoms with Crippen molar-refractivity contribution in [3.63, 3.8) is 0 Å². The van der Waals surface area contributed by atoms with Crippen molar-refractivity contribution >= 4 is 69.7 Å². The van der Waals surface area contributed by atoms with Crippen LogP contribution in [0.3, 0.4) is 0 Å². The first-order chi connectivity index (χ1) is 15.3. The Hall–Kier alpha value is -2.84. The summed E-state index contributed by atoms with van der Waals surface area (Å²) in [6.45, 7) is 0. The summed E-state index contributed by atoms with van der Waals surface area (Å²) in [6.07, 6.45) is 2.31.